The van der Waals surface area contributed by atoms with Gasteiger partial charge in [0.1, 0.15) is 11.9 Å². The van der Waals surface area contributed by atoms with Crippen molar-refractivity contribution < 1.29 is 9.84 Å². The van der Waals surface area contributed by atoms with Crippen molar-refractivity contribution >= 4 is 0 Å². The summed E-state index contributed by atoms with van der Waals surface area (Å²) in [6.45, 7) is 4.43. The van der Waals surface area contributed by atoms with Gasteiger partial charge in [0.2, 0.25) is 0 Å². The average Bonchev–Trinajstić information content (AvgIpc) is 2.39. The summed E-state index contributed by atoms with van der Waals surface area (Å²) in [7, 11) is 0. The molecule has 0 radical (unpaired) electrons. The highest BCUT2D eigenvalue weighted by Gasteiger charge is 2.12. The fourth-order valence-corrected chi connectivity index (χ4v) is 1.75. The van der Waals surface area contributed by atoms with E-state index < -0.39 is 6.10 Å². The van der Waals surface area contributed by atoms with Crippen LogP contribution >= 0.6 is 0 Å². The Bertz CT molecular complexity index is 529. The number of hydrogen-bond donors (Lipinski definition) is 1. The molecule has 2 heterocycles. The Kier molecular flexibility index (Phi) is 3.89. The van der Waals surface area contributed by atoms with E-state index in [4.69, 9.17) is 4.74 Å². The SMILES string of the molecule is CCOc1cncc(C(O)c2cncc(C)c2)c1. The minimum absolute atomic E-state index is 0.577. The van der Waals surface area contributed by atoms with Gasteiger partial charge in [0.25, 0.3) is 0 Å². The van der Waals surface area contributed by atoms with Gasteiger partial charge in [-0.25, -0.2) is 0 Å². The van der Waals surface area contributed by atoms with Crippen LogP contribution in [0.25, 0.3) is 0 Å². The number of pyridine rings is 2. The fraction of sp³-hybridized carbons (Fsp3) is 0.286. The van der Waals surface area contributed by atoms with Crippen LogP contribution in [0.15, 0.2) is 36.9 Å². The molecule has 0 saturated carbocycles. The van der Waals surface area contributed by atoms with Gasteiger partial charge in [-0.05, 0) is 25.5 Å². The predicted octanol–water partition coefficient (Wildman–Crippen LogP) is 2.27. The van der Waals surface area contributed by atoms with E-state index >= 15 is 0 Å². The molecule has 0 aromatic carbocycles. The van der Waals surface area contributed by atoms with Crippen LogP contribution in [-0.4, -0.2) is 21.7 Å². The minimum Gasteiger partial charge on any atom is -0.492 e. The third-order valence-electron chi connectivity index (χ3n) is 2.57. The number of aliphatic hydroxyl groups excluding tert-OH is 1. The van der Waals surface area contributed by atoms with E-state index in [9.17, 15) is 5.11 Å². The van der Waals surface area contributed by atoms with E-state index in [0.29, 0.717) is 17.9 Å². The van der Waals surface area contributed by atoms with Gasteiger partial charge in [0.15, 0.2) is 0 Å². The number of hydrogen-bond acceptors (Lipinski definition) is 4. The number of aryl methyl sites for hydroxylation is 1. The predicted molar refractivity (Wildman–Crippen MR) is 68.4 cm³/mol. The maximum atomic E-state index is 10.3. The van der Waals surface area contributed by atoms with Gasteiger partial charge in [-0.2, -0.15) is 0 Å². The topological polar surface area (TPSA) is 55.2 Å². The van der Waals surface area contributed by atoms with Gasteiger partial charge in [-0.15, -0.1) is 0 Å². The summed E-state index contributed by atoms with van der Waals surface area (Å²) >= 11 is 0. The second kappa shape index (κ2) is 5.60. The monoisotopic (exact) mass is 244 g/mol. The molecule has 4 heteroatoms. The molecule has 2 aromatic rings. The van der Waals surface area contributed by atoms with Crippen LogP contribution in [-0.2, 0) is 0 Å². The summed E-state index contributed by atoms with van der Waals surface area (Å²) in [4.78, 5) is 8.14. The molecule has 0 spiro atoms. The Morgan fingerprint density at radius 3 is 2.44 bits per heavy atom. The van der Waals surface area contributed by atoms with Crippen LogP contribution < -0.4 is 4.74 Å². The van der Waals surface area contributed by atoms with E-state index in [-0.39, 0.29) is 0 Å². The molecule has 0 fully saturated rings. The van der Waals surface area contributed by atoms with Gasteiger partial charge in [-0.1, -0.05) is 6.07 Å². The summed E-state index contributed by atoms with van der Waals surface area (Å²) in [5.41, 5.74) is 2.47. The number of rotatable bonds is 4. The second-order valence-electron chi connectivity index (χ2n) is 4.09. The highest BCUT2D eigenvalue weighted by atomic mass is 16.5. The van der Waals surface area contributed by atoms with Crippen LogP contribution in [0.4, 0.5) is 0 Å². The Hall–Kier alpha value is -1.94. The van der Waals surface area contributed by atoms with Crippen molar-refractivity contribution in [1.82, 2.24) is 9.97 Å². The number of aliphatic hydroxyl groups is 1. The van der Waals surface area contributed by atoms with Crippen LogP contribution in [0.5, 0.6) is 5.75 Å². The molecular weight excluding hydrogens is 228 g/mol. The Labute approximate surface area is 106 Å². The van der Waals surface area contributed by atoms with Crippen molar-refractivity contribution in [2.24, 2.45) is 0 Å². The zero-order chi connectivity index (χ0) is 13.0. The molecule has 2 rings (SSSR count). The molecule has 1 N–H and O–H groups in total. The molecule has 4 nitrogen and oxygen atoms in total. The van der Waals surface area contributed by atoms with Crippen LogP contribution in [0.2, 0.25) is 0 Å². The largest absolute Gasteiger partial charge is 0.492 e. The summed E-state index contributed by atoms with van der Waals surface area (Å²) in [5.74, 6) is 0.662. The molecule has 2 aromatic heterocycles. The Morgan fingerprint density at radius 2 is 1.78 bits per heavy atom. The lowest BCUT2D eigenvalue weighted by Gasteiger charge is -2.12. The van der Waals surface area contributed by atoms with Gasteiger partial charge in [0, 0.05) is 29.7 Å². The highest BCUT2D eigenvalue weighted by molar-refractivity contribution is 5.32. The van der Waals surface area contributed by atoms with Gasteiger partial charge in [0.05, 0.1) is 12.8 Å². The van der Waals surface area contributed by atoms with Crippen molar-refractivity contribution in [3.63, 3.8) is 0 Å². The first kappa shape index (κ1) is 12.5. The van der Waals surface area contributed by atoms with E-state index in [0.717, 1.165) is 11.1 Å². The number of ether oxygens (including phenoxy) is 1. The average molecular weight is 244 g/mol. The smallest absolute Gasteiger partial charge is 0.137 e. The second-order valence-corrected chi connectivity index (χ2v) is 4.09. The molecule has 1 atom stereocenters. The van der Waals surface area contributed by atoms with Gasteiger partial charge in [-0.3, -0.25) is 9.97 Å². The maximum absolute atomic E-state index is 10.3. The summed E-state index contributed by atoms with van der Waals surface area (Å²) in [6.07, 6.45) is 5.95. The molecular formula is C14H16N2O2. The first-order valence-corrected chi connectivity index (χ1v) is 5.88. The first-order valence-electron chi connectivity index (χ1n) is 5.88. The molecule has 0 aliphatic rings. The maximum Gasteiger partial charge on any atom is 0.137 e. The van der Waals surface area contributed by atoms with E-state index in [2.05, 4.69) is 9.97 Å². The molecule has 0 amide bonds. The molecule has 0 saturated heterocycles. The lowest BCUT2D eigenvalue weighted by Crippen LogP contribution is -2.02. The zero-order valence-corrected chi connectivity index (χ0v) is 10.5. The molecule has 0 aliphatic heterocycles. The lowest BCUT2D eigenvalue weighted by atomic mass is 10.0. The zero-order valence-electron chi connectivity index (χ0n) is 10.5. The number of nitrogens with zero attached hydrogens (tertiary/aromatic N) is 2. The van der Waals surface area contributed by atoms with Crippen molar-refractivity contribution in [1.29, 1.82) is 0 Å². The van der Waals surface area contributed by atoms with Crippen molar-refractivity contribution in [3.05, 3.63) is 53.6 Å². The standard InChI is InChI=1S/C14H16N2O2/c1-3-18-13-5-12(8-16-9-13)14(17)11-4-10(2)6-15-7-11/h4-9,14,17H,3H2,1-2H3. The molecule has 18 heavy (non-hydrogen) atoms. The van der Waals surface area contributed by atoms with Crippen molar-refractivity contribution in [3.8, 4) is 5.75 Å². The fourth-order valence-electron chi connectivity index (χ4n) is 1.75. The highest BCUT2D eigenvalue weighted by Crippen LogP contribution is 2.24. The Balaban J connectivity index is 2.27. The van der Waals surface area contributed by atoms with Crippen molar-refractivity contribution in [2.45, 2.75) is 20.0 Å². The normalized spacial score (nSPS) is 12.2. The van der Waals surface area contributed by atoms with E-state index in [1.807, 2.05) is 19.9 Å². The Morgan fingerprint density at radius 1 is 1.11 bits per heavy atom. The quantitative estimate of drug-likeness (QED) is 0.896. The van der Waals surface area contributed by atoms with Crippen LogP contribution in [0.1, 0.15) is 29.7 Å². The van der Waals surface area contributed by atoms with E-state index in [1.54, 1.807) is 30.9 Å². The first-order chi connectivity index (χ1) is 8.70. The van der Waals surface area contributed by atoms with Crippen molar-refractivity contribution in [2.75, 3.05) is 6.61 Å². The van der Waals surface area contributed by atoms with Gasteiger partial charge < -0.3 is 9.84 Å². The molecule has 1 unspecified atom stereocenters. The van der Waals surface area contributed by atoms with Crippen LogP contribution in [0.3, 0.4) is 0 Å². The molecule has 94 valence electrons. The molecule has 0 aliphatic carbocycles. The lowest BCUT2D eigenvalue weighted by molar-refractivity contribution is 0.218. The summed E-state index contributed by atoms with van der Waals surface area (Å²) in [6, 6.07) is 3.70. The third-order valence-corrected chi connectivity index (χ3v) is 2.57. The van der Waals surface area contributed by atoms with Crippen LogP contribution in [0, 0.1) is 6.92 Å². The molecule has 0 bridgehead atoms. The number of aromatic nitrogens is 2. The minimum atomic E-state index is -0.731. The summed E-state index contributed by atoms with van der Waals surface area (Å²) in [5, 5.41) is 10.3. The summed E-state index contributed by atoms with van der Waals surface area (Å²) < 4.78 is 5.37. The van der Waals surface area contributed by atoms with E-state index in [1.165, 1.54) is 0 Å². The third kappa shape index (κ3) is 2.84. The van der Waals surface area contributed by atoms with Gasteiger partial charge >= 0.3 is 0 Å².